The summed E-state index contributed by atoms with van der Waals surface area (Å²) >= 11 is 0. The molecule has 1 aromatic heterocycles. The smallest absolute Gasteiger partial charge is 0.254 e. The van der Waals surface area contributed by atoms with E-state index in [1.807, 2.05) is 11.1 Å². The van der Waals surface area contributed by atoms with Crippen molar-refractivity contribution in [2.45, 2.75) is 64.7 Å². The van der Waals surface area contributed by atoms with E-state index < -0.39 is 0 Å². The van der Waals surface area contributed by atoms with Crippen LogP contribution in [0.5, 0.6) is 0 Å². The maximum absolute atomic E-state index is 13.1. The van der Waals surface area contributed by atoms with E-state index in [0.29, 0.717) is 5.92 Å². The van der Waals surface area contributed by atoms with E-state index in [2.05, 4.69) is 35.9 Å². The molecule has 1 aromatic carbocycles. The molecule has 138 valence electrons. The molecule has 0 bridgehead atoms. The standard InChI is InChI=1S/C22H29N3O/c1-3-21-23-14-20(24-21)19-13-17(22(26)25-10-5-4-6-11-25)15(2)12-18(19)16-8-7-9-16/h12-14,16H,3-11H2,1-2H3,(H,23,24). The minimum atomic E-state index is 0.193. The highest BCUT2D eigenvalue weighted by atomic mass is 16.2. The van der Waals surface area contributed by atoms with Gasteiger partial charge in [-0.3, -0.25) is 4.79 Å². The molecule has 2 heterocycles. The number of nitrogens with one attached hydrogen (secondary N) is 1. The number of H-pyrrole nitrogens is 1. The third kappa shape index (κ3) is 3.17. The second-order valence-corrected chi connectivity index (χ2v) is 7.83. The average molecular weight is 351 g/mol. The van der Waals surface area contributed by atoms with Gasteiger partial charge >= 0.3 is 0 Å². The topological polar surface area (TPSA) is 49.0 Å². The Balaban J connectivity index is 1.75. The van der Waals surface area contributed by atoms with Crippen molar-refractivity contribution in [1.29, 1.82) is 0 Å². The molecule has 0 atom stereocenters. The first-order valence-electron chi connectivity index (χ1n) is 10.2. The van der Waals surface area contributed by atoms with E-state index in [0.717, 1.165) is 55.0 Å². The van der Waals surface area contributed by atoms with Crippen LogP contribution in [0.15, 0.2) is 18.3 Å². The first-order chi connectivity index (χ1) is 12.7. The first kappa shape index (κ1) is 17.3. The Morgan fingerprint density at radius 3 is 2.58 bits per heavy atom. The van der Waals surface area contributed by atoms with Crippen LogP contribution in [-0.4, -0.2) is 33.9 Å². The van der Waals surface area contributed by atoms with E-state index in [4.69, 9.17) is 0 Å². The van der Waals surface area contributed by atoms with Crippen molar-refractivity contribution < 1.29 is 4.79 Å². The molecule has 1 saturated carbocycles. The number of aromatic nitrogens is 2. The second-order valence-electron chi connectivity index (χ2n) is 7.83. The van der Waals surface area contributed by atoms with Gasteiger partial charge in [-0.15, -0.1) is 0 Å². The van der Waals surface area contributed by atoms with Crippen molar-refractivity contribution in [2.75, 3.05) is 13.1 Å². The summed E-state index contributed by atoms with van der Waals surface area (Å²) in [6.45, 7) is 5.98. The fraction of sp³-hybridized carbons (Fsp3) is 0.545. The molecule has 4 heteroatoms. The zero-order valence-corrected chi connectivity index (χ0v) is 16.0. The first-order valence-corrected chi connectivity index (χ1v) is 10.2. The molecule has 0 spiro atoms. The average Bonchev–Trinajstić information content (AvgIpc) is 3.10. The Morgan fingerprint density at radius 1 is 1.19 bits per heavy atom. The van der Waals surface area contributed by atoms with Gasteiger partial charge in [0.05, 0.1) is 11.9 Å². The van der Waals surface area contributed by atoms with E-state index >= 15 is 0 Å². The van der Waals surface area contributed by atoms with Gasteiger partial charge < -0.3 is 9.88 Å². The van der Waals surface area contributed by atoms with Gasteiger partial charge in [-0.05, 0) is 62.1 Å². The molecule has 1 aliphatic carbocycles. The third-order valence-electron chi connectivity index (χ3n) is 6.07. The lowest BCUT2D eigenvalue weighted by Gasteiger charge is -2.30. The summed E-state index contributed by atoms with van der Waals surface area (Å²) < 4.78 is 0. The van der Waals surface area contributed by atoms with Crippen LogP contribution >= 0.6 is 0 Å². The number of aromatic amines is 1. The molecule has 2 aromatic rings. The molecule has 2 fully saturated rings. The number of benzene rings is 1. The van der Waals surface area contributed by atoms with Crippen LogP contribution in [0.25, 0.3) is 11.3 Å². The predicted octanol–water partition coefficient (Wildman–Crippen LogP) is 4.84. The highest BCUT2D eigenvalue weighted by molar-refractivity contribution is 5.97. The molecule has 1 amide bonds. The maximum Gasteiger partial charge on any atom is 0.254 e. The number of hydrogen-bond acceptors (Lipinski definition) is 2. The van der Waals surface area contributed by atoms with Crippen LogP contribution in [0, 0.1) is 6.92 Å². The molecular weight excluding hydrogens is 322 g/mol. The molecule has 4 nitrogen and oxygen atoms in total. The molecule has 4 rings (SSSR count). The molecule has 2 aliphatic rings. The lowest BCUT2D eigenvalue weighted by Crippen LogP contribution is -2.36. The third-order valence-corrected chi connectivity index (χ3v) is 6.07. The highest BCUT2D eigenvalue weighted by Crippen LogP contribution is 2.42. The van der Waals surface area contributed by atoms with Crippen molar-refractivity contribution in [3.8, 4) is 11.3 Å². The van der Waals surface area contributed by atoms with Crippen LogP contribution < -0.4 is 0 Å². The largest absolute Gasteiger partial charge is 0.342 e. The summed E-state index contributed by atoms with van der Waals surface area (Å²) in [5.74, 6) is 1.82. The van der Waals surface area contributed by atoms with Gasteiger partial charge in [-0.2, -0.15) is 0 Å². The number of hydrogen-bond donors (Lipinski definition) is 1. The van der Waals surface area contributed by atoms with Crippen molar-refractivity contribution in [3.05, 3.63) is 40.8 Å². The summed E-state index contributed by atoms with van der Waals surface area (Å²) in [6.07, 6.45) is 10.1. The summed E-state index contributed by atoms with van der Waals surface area (Å²) in [6, 6.07) is 4.40. The molecule has 0 radical (unpaired) electrons. The van der Waals surface area contributed by atoms with Crippen LogP contribution in [0.2, 0.25) is 0 Å². The fourth-order valence-electron chi connectivity index (χ4n) is 4.20. The Bertz CT molecular complexity index is 798. The molecule has 26 heavy (non-hydrogen) atoms. The SMILES string of the molecule is CCc1ncc(-c2cc(C(=O)N3CCCCC3)c(C)cc2C2CCC2)[nH]1. The summed E-state index contributed by atoms with van der Waals surface area (Å²) in [4.78, 5) is 23.1. The van der Waals surface area contributed by atoms with Crippen molar-refractivity contribution >= 4 is 5.91 Å². The van der Waals surface area contributed by atoms with Gasteiger partial charge in [-0.25, -0.2) is 4.98 Å². The molecule has 1 N–H and O–H groups in total. The van der Waals surface area contributed by atoms with Gasteiger partial charge in [-0.1, -0.05) is 19.4 Å². The van der Waals surface area contributed by atoms with Crippen LogP contribution in [0.1, 0.15) is 78.7 Å². The van der Waals surface area contributed by atoms with E-state index in [9.17, 15) is 4.79 Å². The van der Waals surface area contributed by atoms with Gasteiger partial charge in [0.15, 0.2) is 0 Å². The van der Waals surface area contributed by atoms with Crippen molar-refractivity contribution in [1.82, 2.24) is 14.9 Å². The Morgan fingerprint density at radius 2 is 1.96 bits per heavy atom. The summed E-state index contributed by atoms with van der Waals surface area (Å²) in [7, 11) is 0. The van der Waals surface area contributed by atoms with E-state index in [1.54, 1.807) is 0 Å². The number of aryl methyl sites for hydroxylation is 2. The second kappa shape index (κ2) is 7.26. The normalized spacial score (nSPS) is 18.0. The Hall–Kier alpha value is -2.10. The quantitative estimate of drug-likeness (QED) is 0.857. The molecule has 0 unspecified atom stereocenters. The van der Waals surface area contributed by atoms with E-state index in [-0.39, 0.29) is 5.91 Å². The van der Waals surface area contributed by atoms with Crippen molar-refractivity contribution in [3.63, 3.8) is 0 Å². The lowest BCUT2D eigenvalue weighted by molar-refractivity contribution is 0.0723. The number of carbonyl (C=O) groups is 1. The zero-order valence-electron chi connectivity index (χ0n) is 16.0. The van der Waals surface area contributed by atoms with E-state index in [1.165, 1.54) is 36.8 Å². The number of rotatable bonds is 4. The predicted molar refractivity (Wildman–Crippen MR) is 104 cm³/mol. The van der Waals surface area contributed by atoms with Crippen LogP contribution in [0.4, 0.5) is 0 Å². The Kier molecular flexibility index (Phi) is 4.84. The number of amides is 1. The van der Waals surface area contributed by atoms with Gasteiger partial charge in [0.2, 0.25) is 0 Å². The molecule has 1 aliphatic heterocycles. The number of nitrogens with zero attached hydrogens (tertiary/aromatic N) is 2. The van der Waals surface area contributed by atoms with Crippen LogP contribution in [0.3, 0.4) is 0 Å². The number of piperidine rings is 1. The fourth-order valence-corrected chi connectivity index (χ4v) is 4.20. The minimum Gasteiger partial charge on any atom is -0.342 e. The minimum absolute atomic E-state index is 0.193. The van der Waals surface area contributed by atoms with Gasteiger partial charge in [0, 0.05) is 30.6 Å². The summed E-state index contributed by atoms with van der Waals surface area (Å²) in [5, 5.41) is 0. The number of likely N-dealkylation sites (tertiary alicyclic amines) is 1. The van der Waals surface area contributed by atoms with Gasteiger partial charge in [0.25, 0.3) is 5.91 Å². The zero-order chi connectivity index (χ0) is 18.1. The monoisotopic (exact) mass is 351 g/mol. The van der Waals surface area contributed by atoms with Crippen molar-refractivity contribution in [2.24, 2.45) is 0 Å². The van der Waals surface area contributed by atoms with Crippen LogP contribution in [-0.2, 0) is 6.42 Å². The summed E-state index contributed by atoms with van der Waals surface area (Å²) in [5.41, 5.74) is 5.58. The number of imidazole rings is 1. The molecular formula is C22H29N3O. The highest BCUT2D eigenvalue weighted by Gasteiger charge is 2.27. The lowest BCUT2D eigenvalue weighted by atomic mass is 9.76. The van der Waals surface area contributed by atoms with Gasteiger partial charge in [0.1, 0.15) is 5.82 Å². The maximum atomic E-state index is 13.1. The Labute approximate surface area is 156 Å². The molecule has 1 saturated heterocycles. The number of carbonyl (C=O) groups excluding carboxylic acids is 1.